The van der Waals surface area contributed by atoms with Crippen molar-refractivity contribution in [1.29, 1.82) is 0 Å². The molecule has 1 unspecified atom stereocenters. The number of hydrogen-bond acceptors (Lipinski definition) is 5. The summed E-state index contributed by atoms with van der Waals surface area (Å²) in [6.45, 7) is 3.25. The van der Waals surface area contributed by atoms with Crippen molar-refractivity contribution in [3.05, 3.63) is 53.6 Å². The van der Waals surface area contributed by atoms with Gasteiger partial charge in [0, 0.05) is 12.1 Å². The molecule has 6 nitrogen and oxygen atoms in total. The van der Waals surface area contributed by atoms with E-state index in [1.165, 1.54) is 5.56 Å². The first-order valence-electron chi connectivity index (χ1n) is 12.1. The van der Waals surface area contributed by atoms with E-state index in [1.54, 1.807) is 26.4 Å². The first kappa shape index (κ1) is 23.4. The van der Waals surface area contributed by atoms with Crippen molar-refractivity contribution >= 4 is 5.91 Å². The van der Waals surface area contributed by atoms with Gasteiger partial charge in [0.25, 0.3) is 0 Å². The second-order valence-corrected chi connectivity index (χ2v) is 9.28. The Bertz CT molecular complexity index is 922. The Hall–Kier alpha value is -2.73. The number of amides is 1. The minimum Gasteiger partial charge on any atom is -0.508 e. The number of piperidine rings is 1. The number of methoxy groups -OCH3 is 2. The molecule has 0 aliphatic carbocycles. The van der Waals surface area contributed by atoms with Crippen LogP contribution in [0.4, 0.5) is 0 Å². The second kappa shape index (κ2) is 10.9. The Morgan fingerprint density at radius 3 is 2.45 bits per heavy atom. The van der Waals surface area contributed by atoms with Crippen molar-refractivity contribution in [3.63, 3.8) is 0 Å². The van der Waals surface area contributed by atoms with Crippen molar-refractivity contribution in [1.82, 2.24) is 9.80 Å². The van der Waals surface area contributed by atoms with E-state index in [-0.39, 0.29) is 11.9 Å². The fourth-order valence-electron chi connectivity index (χ4n) is 5.24. The van der Waals surface area contributed by atoms with Crippen LogP contribution < -0.4 is 9.47 Å². The van der Waals surface area contributed by atoms with Crippen LogP contribution in [-0.2, 0) is 11.2 Å². The van der Waals surface area contributed by atoms with Gasteiger partial charge in [0.2, 0.25) is 5.91 Å². The molecule has 178 valence electrons. The molecule has 1 N–H and O–H groups in total. The molecule has 6 heteroatoms. The summed E-state index contributed by atoms with van der Waals surface area (Å²) in [4.78, 5) is 17.6. The van der Waals surface area contributed by atoms with E-state index in [0.717, 1.165) is 75.2 Å². The van der Waals surface area contributed by atoms with Crippen LogP contribution in [0.15, 0.2) is 42.5 Å². The molecule has 1 atom stereocenters. The highest BCUT2D eigenvalue weighted by atomic mass is 16.5. The fraction of sp³-hybridized carbons (Fsp3) is 0.519. The van der Waals surface area contributed by atoms with E-state index in [4.69, 9.17) is 9.47 Å². The summed E-state index contributed by atoms with van der Waals surface area (Å²) in [6, 6.07) is 13.4. The molecule has 0 aromatic heterocycles. The molecule has 4 rings (SSSR count). The third-order valence-corrected chi connectivity index (χ3v) is 7.21. The summed E-state index contributed by atoms with van der Waals surface area (Å²) in [7, 11) is 3.34. The minimum absolute atomic E-state index is 0.0467. The lowest BCUT2D eigenvalue weighted by atomic mass is 9.90. The topological polar surface area (TPSA) is 62.2 Å². The lowest BCUT2D eigenvalue weighted by molar-refractivity contribution is -0.133. The lowest BCUT2D eigenvalue weighted by Gasteiger charge is -2.34. The molecule has 0 bridgehead atoms. The summed E-state index contributed by atoms with van der Waals surface area (Å²) < 4.78 is 11.0. The van der Waals surface area contributed by atoms with Gasteiger partial charge in [0.1, 0.15) is 17.2 Å². The van der Waals surface area contributed by atoms with Crippen LogP contribution >= 0.6 is 0 Å². The van der Waals surface area contributed by atoms with E-state index in [1.807, 2.05) is 35.2 Å². The van der Waals surface area contributed by atoms with Crippen LogP contribution in [0.25, 0.3) is 0 Å². The largest absolute Gasteiger partial charge is 0.508 e. The van der Waals surface area contributed by atoms with Crippen molar-refractivity contribution < 1.29 is 19.4 Å². The zero-order chi connectivity index (χ0) is 23.2. The molecular formula is C27H36N2O4. The molecule has 2 heterocycles. The number of nitrogens with zero attached hydrogens (tertiary/aromatic N) is 2. The summed E-state index contributed by atoms with van der Waals surface area (Å²) in [5, 5.41) is 9.44. The van der Waals surface area contributed by atoms with Gasteiger partial charge in [0.05, 0.1) is 26.8 Å². The Morgan fingerprint density at radius 2 is 1.76 bits per heavy atom. The van der Waals surface area contributed by atoms with Crippen LogP contribution in [0.5, 0.6) is 17.2 Å². The van der Waals surface area contributed by atoms with Crippen LogP contribution in [-0.4, -0.2) is 61.2 Å². The normalized spacial score (nSPS) is 19.6. The van der Waals surface area contributed by atoms with Gasteiger partial charge in [-0.2, -0.15) is 0 Å². The maximum atomic E-state index is 13.3. The fourth-order valence-corrected chi connectivity index (χ4v) is 5.24. The van der Waals surface area contributed by atoms with E-state index in [0.29, 0.717) is 18.2 Å². The quantitative estimate of drug-likeness (QED) is 0.643. The average Bonchev–Trinajstić information content (AvgIpc) is 3.34. The number of hydrogen-bond donors (Lipinski definition) is 1. The highest BCUT2D eigenvalue weighted by Crippen LogP contribution is 2.39. The number of rotatable bonds is 8. The molecule has 2 saturated heterocycles. The van der Waals surface area contributed by atoms with Crippen molar-refractivity contribution in [2.75, 3.05) is 40.4 Å². The second-order valence-electron chi connectivity index (χ2n) is 9.28. The Labute approximate surface area is 197 Å². The number of phenolic OH excluding ortho intramolecular Hbond substituents is 1. The summed E-state index contributed by atoms with van der Waals surface area (Å²) >= 11 is 0. The highest BCUT2D eigenvalue weighted by Gasteiger charge is 2.33. The van der Waals surface area contributed by atoms with Crippen molar-refractivity contribution in [2.24, 2.45) is 5.92 Å². The molecule has 2 fully saturated rings. The number of likely N-dealkylation sites (tertiary alicyclic amines) is 2. The number of carbonyl (C=O) groups excluding carboxylic acids is 1. The van der Waals surface area contributed by atoms with Crippen molar-refractivity contribution in [3.8, 4) is 17.2 Å². The zero-order valence-corrected chi connectivity index (χ0v) is 19.8. The van der Waals surface area contributed by atoms with Crippen LogP contribution in [0.3, 0.4) is 0 Å². The Balaban J connectivity index is 1.29. The molecule has 2 aliphatic rings. The van der Waals surface area contributed by atoms with Gasteiger partial charge >= 0.3 is 0 Å². The lowest BCUT2D eigenvalue weighted by Crippen LogP contribution is -2.43. The van der Waals surface area contributed by atoms with E-state index in [9.17, 15) is 9.90 Å². The number of carbonyl (C=O) groups is 1. The van der Waals surface area contributed by atoms with Gasteiger partial charge in [-0.1, -0.05) is 12.1 Å². The molecule has 2 aliphatic heterocycles. The van der Waals surface area contributed by atoms with E-state index >= 15 is 0 Å². The highest BCUT2D eigenvalue weighted by molar-refractivity contribution is 5.79. The molecule has 0 spiro atoms. The number of aryl methyl sites for hydroxylation is 1. The smallest absolute Gasteiger partial charge is 0.237 e. The Morgan fingerprint density at radius 1 is 1.00 bits per heavy atom. The third kappa shape index (κ3) is 5.80. The predicted octanol–water partition coefficient (Wildman–Crippen LogP) is 4.42. The predicted molar refractivity (Wildman–Crippen MR) is 129 cm³/mol. The van der Waals surface area contributed by atoms with Crippen LogP contribution in [0.1, 0.15) is 49.3 Å². The molecule has 2 aromatic carbocycles. The van der Waals surface area contributed by atoms with Crippen LogP contribution in [0.2, 0.25) is 0 Å². The molecule has 0 radical (unpaired) electrons. The van der Waals surface area contributed by atoms with Gasteiger partial charge in [-0.05, 0) is 93.4 Å². The molecule has 33 heavy (non-hydrogen) atoms. The van der Waals surface area contributed by atoms with Gasteiger partial charge in [-0.25, -0.2) is 0 Å². The van der Waals surface area contributed by atoms with Crippen molar-refractivity contribution in [2.45, 2.75) is 44.6 Å². The summed E-state index contributed by atoms with van der Waals surface area (Å²) in [5.41, 5.74) is 2.31. The maximum Gasteiger partial charge on any atom is 0.237 e. The standard InChI is InChI=1S/C27H36N2O4/c1-32-23-11-12-26(33-2)24(18-23)25-4-3-15-29(25)27(31)19-28-16-13-21(14-17-28)6-5-20-7-9-22(30)10-8-20/h7-12,18,21,25,30H,3-6,13-17,19H2,1-2H3. The number of benzene rings is 2. The number of aromatic hydroxyl groups is 1. The third-order valence-electron chi connectivity index (χ3n) is 7.21. The Kier molecular flexibility index (Phi) is 7.76. The van der Waals surface area contributed by atoms with Crippen LogP contribution in [0, 0.1) is 5.92 Å². The summed E-state index contributed by atoms with van der Waals surface area (Å²) in [5.74, 6) is 2.84. The van der Waals surface area contributed by atoms with Gasteiger partial charge in [-0.15, -0.1) is 0 Å². The number of phenols is 1. The number of ether oxygens (including phenoxy) is 2. The first-order chi connectivity index (χ1) is 16.1. The zero-order valence-electron chi connectivity index (χ0n) is 19.8. The van der Waals surface area contributed by atoms with Gasteiger partial charge < -0.3 is 19.5 Å². The first-order valence-corrected chi connectivity index (χ1v) is 12.1. The van der Waals surface area contributed by atoms with E-state index < -0.39 is 0 Å². The maximum absolute atomic E-state index is 13.3. The molecular weight excluding hydrogens is 416 g/mol. The summed E-state index contributed by atoms with van der Waals surface area (Å²) in [6.07, 6.45) is 6.44. The minimum atomic E-state index is 0.0467. The van der Waals surface area contributed by atoms with Gasteiger partial charge in [0.15, 0.2) is 0 Å². The molecule has 2 aromatic rings. The van der Waals surface area contributed by atoms with Gasteiger partial charge in [-0.3, -0.25) is 9.69 Å². The van der Waals surface area contributed by atoms with E-state index in [2.05, 4.69) is 4.90 Å². The molecule has 1 amide bonds. The SMILES string of the molecule is COc1ccc(OC)c(C2CCCN2C(=O)CN2CCC(CCc3ccc(O)cc3)CC2)c1. The molecule has 0 saturated carbocycles. The average molecular weight is 453 g/mol. The monoisotopic (exact) mass is 452 g/mol.